The topological polar surface area (TPSA) is 47.9 Å². The number of hydrogen-bond donors (Lipinski definition) is 0. The van der Waals surface area contributed by atoms with Crippen LogP contribution in [0.4, 0.5) is 5.69 Å². The summed E-state index contributed by atoms with van der Waals surface area (Å²) < 4.78 is 9.83. The van der Waals surface area contributed by atoms with Crippen molar-refractivity contribution in [1.29, 1.82) is 0 Å². The van der Waals surface area contributed by atoms with Crippen LogP contribution in [0.15, 0.2) is 41.4 Å². The van der Waals surface area contributed by atoms with Crippen LogP contribution in [-0.2, 0) is 9.53 Å². The van der Waals surface area contributed by atoms with Gasteiger partial charge in [-0.1, -0.05) is 0 Å². The van der Waals surface area contributed by atoms with Gasteiger partial charge in [0.2, 0.25) is 0 Å². The Morgan fingerprint density at radius 2 is 1.94 bits per heavy atom. The molecule has 0 heterocycles. The highest BCUT2D eigenvalue weighted by Gasteiger charge is 1.95. The Morgan fingerprint density at radius 3 is 2.50 bits per heavy atom. The molecule has 1 aromatic rings. The minimum atomic E-state index is -0.359. The van der Waals surface area contributed by atoms with Gasteiger partial charge in [0.25, 0.3) is 0 Å². The van der Waals surface area contributed by atoms with Crippen LogP contribution < -0.4 is 4.74 Å². The number of aliphatic imine (C=N–C) groups is 1. The second kappa shape index (κ2) is 7.27. The third-order valence-electron chi connectivity index (χ3n) is 2.13. The second-order valence-corrected chi connectivity index (χ2v) is 3.54. The summed E-state index contributed by atoms with van der Waals surface area (Å²) in [5, 5.41) is 0. The Bertz CT molecular complexity index is 447. The Kier molecular flexibility index (Phi) is 5.64. The molecule has 0 aliphatic rings. The fraction of sp³-hybridized carbons (Fsp3) is 0.286. The number of benzene rings is 1. The lowest BCUT2D eigenvalue weighted by Gasteiger charge is -1.99. The molecule has 0 aromatic heterocycles. The molecule has 0 amide bonds. The van der Waals surface area contributed by atoms with E-state index in [1.54, 1.807) is 20.1 Å². The number of allylic oxidation sites excluding steroid dienone is 1. The number of esters is 1. The summed E-state index contributed by atoms with van der Waals surface area (Å²) in [4.78, 5) is 15.4. The average Bonchev–Trinajstić information content (AvgIpc) is 2.38. The quantitative estimate of drug-likeness (QED) is 0.456. The summed E-state index contributed by atoms with van der Waals surface area (Å²) in [5.74, 6) is 0.426. The first-order valence-corrected chi connectivity index (χ1v) is 5.70. The maximum Gasteiger partial charge on any atom is 0.330 e. The molecule has 0 unspecified atom stereocenters. The minimum Gasteiger partial charge on any atom is -0.497 e. The summed E-state index contributed by atoms with van der Waals surface area (Å²) in [6, 6.07) is 7.36. The standard InChI is InChI=1S/C14H17NO3/c1-4-18-14(16)10-5-11(2)15-12-6-8-13(17-3)9-7-12/h5-10H,4H2,1-3H3/b10-5+,15-11?. The monoisotopic (exact) mass is 247 g/mol. The van der Waals surface area contributed by atoms with Gasteiger partial charge in [-0.25, -0.2) is 4.79 Å². The fourth-order valence-electron chi connectivity index (χ4n) is 1.28. The lowest BCUT2D eigenvalue weighted by molar-refractivity contribution is -0.137. The number of ether oxygens (including phenoxy) is 2. The van der Waals surface area contributed by atoms with E-state index < -0.39 is 0 Å². The first-order chi connectivity index (χ1) is 8.65. The van der Waals surface area contributed by atoms with E-state index in [2.05, 4.69) is 4.99 Å². The van der Waals surface area contributed by atoms with Crippen molar-refractivity contribution in [1.82, 2.24) is 0 Å². The molecule has 0 aliphatic heterocycles. The number of nitrogens with zero attached hydrogens (tertiary/aromatic N) is 1. The number of methoxy groups -OCH3 is 1. The molecule has 0 bridgehead atoms. The zero-order valence-corrected chi connectivity index (χ0v) is 10.8. The Hall–Kier alpha value is -2.10. The zero-order chi connectivity index (χ0) is 13.4. The van der Waals surface area contributed by atoms with Crippen molar-refractivity contribution in [3.8, 4) is 5.75 Å². The van der Waals surface area contributed by atoms with Gasteiger partial charge < -0.3 is 9.47 Å². The van der Waals surface area contributed by atoms with Gasteiger partial charge >= 0.3 is 5.97 Å². The molecule has 4 nitrogen and oxygen atoms in total. The van der Waals surface area contributed by atoms with E-state index in [1.807, 2.05) is 31.2 Å². The van der Waals surface area contributed by atoms with E-state index in [0.717, 1.165) is 17.1 Å². The number of hydrogen-bond acceptors (Lipinski definition) is 4. The SMILES string of the molecule is CCOC(=O)/C=C/C(C)=Nc1ccc(OC)cc1. The Labute approximate surface area is 107 Å². The van der Waals surface area contributed by atoms with E-state index in [-0.39, 0.29) is 5.97 Å². The molecule has 0 atom stereocenters. The van der Waals surface area contributed by atoms with Crippen LogP contribution in [0.3, 0.4) is 0 Å². The predicted molar refractivity (Wildman–Crippen MR) is 71.5 cm³/mol. The first kappa shape index (κ1) is 14.0. The molecule has 0 saturated heterocycles. The van der Waals surface area contributed by atoms with Crippen LogP contribution >= 0.6 is 0 Å². The van der Waals surface area contributed by atoms with Crippen LogP contribution in [0.5, 0.6) is 5.75 Å². The van der Waals surface area contributed by atoms with Crippen LogP contribution in [-0.4, -0.2) is 25.4 Å². The molecule has 0 N–H and O–H groups in total. The largest absolute Gasteiger partial charge is 0.497 e. The van der Waals surface area contributed by atoms with E-state index >= 15 is 0 Å². The molecule has 4 heteroatoms. The molecule has 0 fully saturated rings. The molecular weight excluding hydrogens is 230 g/mol. The van der Waals surface area contributed by atoms with Gasteiger partial charge in [0.15, 0.2) is 0 Å². The maximum atomic E-state index is 11.1. The van der Waals surface area contributed by atoms with Gasteiger partial charge in [0, 0.05) is 11.8 Å². The molecule has 0 radical (unpaired) electrons. The van der Waals surface area contributed by atoms with Crippen molar-refractivity contribution in [3.05, 3.63) is 36.4 Å². The molecule has 18 heavy (non-hydrogen) atoms. The van der Waals surface area contributed by atoms with E-state index in [1.165, 1.54) is 6.08 Å². The lowest BCUT2D eigenvalue weighted by atomic mass is 10.3. The third-order valence-corrected chi connectivity index (χ3v) is 2.13. The van der Waals surface area contributed by atoms with Gasteiger partial charge in [-0.3, -0.25) is 4.99 Å². The van der Waals surface area contributed by atoms with Crippen LogP contribution in [0.2, 0.25) is 0 Å². The van der Waals surface area contributed by atoms with Crippen molar-refractivity contribution in [2.75, 3.05) is 13.7 Å². The highest BCUT2D eigenvalue weighted by molar-refractivity contribution is 5.99. The van der Waals surface area contributed by atoms with E-state index in [4.69, 9.17) is 9.47 Å². The van der Waals surface area contributed by atoms with Gasteiger partial charge in [0.1, 0.15) is 5.75 Å². The summed E-state index contributed by atoms with van der Waals surface area (Å²) in [6.07, 6.45) is 2.99. The van der Waals surface area contributed by atoms with E-state index in [0.29, 0.717) is 6.61 Å². The fourth-order valence-corrected chi connectivity index (χ4v) is 1.28. The number of carbonyl (C=O) groups excluding carboxylic acids is 1. The van der Waals surface area contributed by atoms with Gasteiger partial charge in [-0.2, -0.15) is 0 Å². The van der Waals surface area contributed by atoms with Crippen molar-refractivity contribution in [3.63, 3.8) is 0 Å². The van der Waals surface area contributed by atoms with E-state index in [9.17, 15) is 4.79 Å². The van der Waals surface area contributed by atoms with Crippen molar-refractivity contribution < 1.29 is 14.3 Å². The summed E-state index contributed by atoms with van der Waals surface area (Å²) in [7, 11) is 1.62. The van der Waals surface area contributed by atoms with Crippen LogP contribution in [0.1, 0.15) is 13.8 Å². The van der Waals surface area contributed by atoms with Crippen molar-refractivity contribution in [2.24, 2.45) is 4.99 Å². The molecule has 0 saturated carbocycles. The third kappa shape index (κ3) is 4.82. The predicted octanol–water partition coefficient (Wildman–Crippen LogP) is 2.91. The summed E-state index contributed by atoms with van der Waals surface area (Å²) in [6.45, 7) is 3.96. The van der Waals surface area contributed by atoms with Gasteiger partial charge in [-0.15, -0.1) is 0 Å². The second-order valence-electron chi connectivity index (χ2n) is 3.54. The first-order valence-electron chi connectivity index (χ1n) is 5.70. The molecule has 0 aliphatic carbocycles. The molecule has 0 spiro atoms. The smallest absolute Gasteiger partial charge is 0.330 e. The molecule has 1 aromatic carbocycles. The highest BCUT2D eigenvalue weighted by Crippen LogP contribution is 2.17. The average molecular weight is 247 g/mol. The minimum absolute atomic E-state index is 0.359. The number of rotatable bonds is 5. The normalized spacial score (nSPS) is 11.6. The molecule has 96 valence electrons. The van der Waals surface area contributed by atoms with Crippen LogP contribution in [0, 0.1) is 0 Å². The Balaban J connectivity index is 2.67. The van der Waals surface area contributed by atoms with Crippen molar-refractivity contribution in [2.45, 2.75) is 13.8 Å². The zero-order valence-electron chi connectivity index (χ0n) is 10.8. The number of carbonyl (C=O) groups is 1. The van der Waals surface area contributed by atoms with Crippen molar-refractivity contribution >= 4 is 17.4 Å². The van der Waals surface area contributed by atoms with Crippen LogP contribution in [0.25, 0.3) is 0 Å². The highest BCUT2D eigenvalue weighted by atomic mass is 16.5. The lowest BCUT2D eigenvalue weighted by Crippen LogP contribution is -1.99. The van der Waals surface area contributed by atoms with Gasteiger partial charge in [-0.05, 0) is 44.2 Å². The molecule has 1 rings (SSSR count). The Morgan fingerprint density at radius 1 is 1.28 bits per heavy atom. The summed E-state index contributed by atoms with van der Waals surface area (Å²) >= 11 is 0. The summed E-state index contributed by atoms with van der Waals surface area (Å²) in [5.41, 5.74) is 1.54. The van der Waals surface area contributed by atoms with Gasteiger partial charge in [0.05, 0.1) is 19.4 Å². The maximum absolute atomic E-state index is 11.1. The molecular formula is C14H17NO3.